The van der Waals surface area contributed by atoms with E-state index in [0.29, 0.717) is 6.42 Å². The molecule has 0 aliphatic rings. The number of fused-ring (bicyclic) bond motifs is 1. The van der Waals surface area contributed by atoms with Crippen LogP contribution in [0.1, 0.15) is 31.5 Å². The first-order chi connectivity index (χ1) is 10.2. The van der Waals surface area contributed by atoms with E-state index in [2.05, 4.69) is 15.4 Å². The van der Waals surface area contributed by atoms with Gasteiger partial charge in [0.25, 0.3) is 0 Å². The fourth-order valence-corrected chi connectivity index (χ4v) is 2.88. The highest BCUT2D eigenvalue weighted by atomic mass is 32.1. The lowest BCUT2D eigenvalue weighted by Gasteiger charge is -2.11. The molecule has 0 saturated heterocycles. The summed E-state index contributed by atoms with van der Waals surface area (Å²) < 4.78 is 3.81. The number of nitrogens with one attached hydrogen (secondary N) is 1. The van der Waals surface area contributed by atoms with Crippen LogP contribution in [-0.4, -0.2) is 25.1 Å². The zero-order valence-electron chi connectivity index (χ0n) is 11.8. The van der Waals surface area contributed by atoms with E-state index in [9.17, 15) is 4.79 Å². The van der Waals surface area contributed by atoms with Crippen LogP contribution in [0.3, 0.4) is 0 Å². The molecule has 0 aromatic carbocycles. The van der Waals surface area contributed by atoms with Gasteiger partial charge >= 0.3 is 0 Å². The Morgan fingerprint density at radius 3 is 3.14 bits per heavy atom. The normalized spacial score (nSPS) is 12.6. The van der Waals surface area contributed by atoms with Gasteiger partial charge in [-0.2, -0.15) is 5.10 Å². The van der Waals surface area contributed by atoms with E-state index in [0.717, 1.165) is 23.6 Å². The summed E-state index contributed by atoms with van der Waals surface area (Å²) in [4.78, 5) is 17.4. The first-order valence-corrected chi connectivity index (χ1v) is 7.79. The van der Waals surface area contributed by atoms with E-state index in [1.807, 2.05) is 46.0 Å². The quantitative estimate of drug-likeness (QED) is 0.759. The van der Waals surface area contributed by atoms with Crippen molar-refractivity contribution in [2.45, 2.75) is 32.4 Å². The lowest BCUT2D eigenvalue weighted by molar-refractivity contribution is -0.121. The van der Waals surface area contributed by atoms with Crippen LogP contribution >= 0.6 is 11.3 Å². The Kier molecular flexibility index (Phi) is 4.01. The van der Waals surface area contributed by atoms with Crippen LogP contribution in [0.15, 0.2) is 36.2 Å². The lowest BCUT2D eigenvalue weighted by atomic mass is 10.2. The van der Waals surface area contributed by atoms with Gasteiger partial charge in [-0.1, -0.05) is 0 Å². The molecule has 3 aromatic rings. The van der Waals surface area contributed by atoms with Crippen molar-refractivity contribution in [3.63, 3.8) is 0 Å². The minimum atomic E-state index is -0.0747. The van der Waals surface area contributed by atoms with E-state index in [-0.39, 0.29) is 11.9 Å². The number of rotatable bonds is 6. The second kappa shape index (κ2) is 6.09. The van der Waals surface area contributed by atoms with Crippen LogP contribution in [-0.2, 0) is 11.3 Å². The third-order valence-electron chi connectivity index (χ3n) is 3.28. The predicted molar refractivity (Wildman–Crippen MR) is 81.1 cm³/mol. The number of hydrogen-bond acceptors (Lipinski definition) is 4. The lowest BCUT2D eigenvalue weighted by Crippen LogP contribution is -2.26. The smallest absolute Gasteiger partial charge is 0.220 e. The van der Waals surface area contributed by atoms with Crippen LogP contribution in [0, 0.1) is 0 Å². The van der Waals surface area contributed by atoms with E-state index >= 15 is 0 Å². The van der Waals surface area contributed by atoms with Crippen molar-refractivity contribution >= 4 is 22.2 Å². The highest BCUT2D eigenvalue weighted by molar-refractivity contribution is 7.15. The second-order valence-corrected chi connectivity index (χ2v) is 5.79. The SMILES string of the molecule is C[C@@H](NC(=O)CCCn1cccn1)c1cn2ccsc2n1. The molecule has 0 bridgehead atoms. The van der Waals surface area contributed by atoms with Gasteiger partial charge in [0.15, 0.2) is 4.96 Å². The third-order valence-corrected chi connectivity index (χ3v) is 4.05. The van der Waals surface area contributed by atoms with Gasteiger partial charge in [0.1, 0.15) is 0 Å². The van der Waals surface area contributed by atoms with Crippen molar-refractivity contribution < 1.29 is 4.79 Å². The summed E-state index contributed by atoms with van der Waals surface area (Å²) >= 11 is 1.59. The molecule has 0 unspecified atom stereocenters. The largest absolute Gasteiger partial charge is 0.348 e. The molecule has 0 aliphatic carbocycles. The summed E-state index contributed by atoms with van der Waals surface area (Å²) in [5, 5.41) is 9.09. The maximum absolute atomic E-state index is 11.9. The fraction of sp³-hybridized carbons (Fsp3) is 0.357. The molecule has 0 aliphatic heterocycles. The molecule has 1 N–H and O–H groups in total. The number of aromatic nitrogens is 4. The molecule has 1 amide bonds. The molecule has 3 rings (SSSR count). The zero-order valence-corrected chi connectivity index (χ0v) is 12.6. The minimum absolute atomic E-state index is 0.0472. The molecule has 3 heterocycles. The van der Waals surface area contributed by atoms with Crippen LogP contribution in [0.4, 0.5) is 0 Å². The summed E-state index contributed by atoms with van der Waals surface area (Å²) in [6.07, 6.45) is 8.84. The summed E-state index contributed by atoms with van der Waals surface area (Å²) in [5.41, 5.74) is 0.891. The van der Waals surface area contributed by atoms with Gasteiger partial charge in [0, 0.05) is 43.1 Å². The summed E-state index contributed by atoms with van der Waals surface area (Å²) in [6.45, 7) is 2.72. The van der Waals surface area contributed by atoms with E-state index in [1.165, 1.54) is 0 Å². The van der Waals surface area contributed by atoms with Crippen LogP contribution in [0.25, 0.3) is 4.96 Å². The van der Waals surface area contributed by atoms with Crippen molar-refractivity contribution in [1.29, 1.82) is 0 Å². The molecule has 0 spiro atoms. The molecule has 0 radical (unpaired) electrons. The summed E-state index contributed by atoms with van der Waals surface area (Å²) in [5.74, 6) is 0.0472. The Morgan fingerprint density at radius 1 is 1.48 bits per heavy atom. The van der Waals surface area contributed by atoms with Crippen molar-refractivity contribution in [2.75, 3.05) is 0 Å². The fourth-order valence-electron chi connectivity index (χ4n) is 2.18. The van der Waals surface area contributed by atoms with Crippen molar-refractivity contribution in [1.82, 2.24) is 24.5 Å². The molecule has 0 fully saturated rings. The Morgan fingerprint density at radius 2 is 2.38 bits per heavy atom. The van der Waals surface area contributed by atoms with Gasteiger partial charge < -0.3 is 5.32 Å². The van der Waals surface area contributed by atoms with E-state index in [1.54, 1.807) is 17.5 Å². The van der Waals surface area contributed by atoms with Gasteiger partial charge in [-0.15, -0.1) is 11.3 Å². The zero-order chi connectivity index (χ0) is 14.7. The Bertz CT molecular complexity index is 686. The van der Waals surface area contributed by atoms with Crippen molar-refractivity contribution in [3.8, 4) is 0 Å². The molecule has 110 valence electrons. The van der Waals surface area contributed by atoms with Crippen LogP contribution in [0.2, 0.25) is 0 Å². The monoisotopic (exact) mass is 303 g/mol. The Balaban J connectivity index is 1.48. The number of aryl methyl sites for hydroxylation is 1. The number of carbonyl (C=O) groups excluding carboxylic acids is 1. The molecule has 6 nitrogen and oxygen atoms in total. The highest BCUT2D eigenvalue weighted by Crippen LogP contribution is 2.16. The first-order valence-electron chi connectivity index (χ1n) is 6.91. The average Bonchev–Trinajstić information content (AvgIpc) is 3.14. The number of amides is 1. The molecule has 1 atom stereocenters. The standard InChI is InChI=1S/C14H17N5OS/c1-11(12-10-18-8-9-21-14(18)17-12)16-13(20)4-2-6-19-7-3-5-15-19/h3,5,7-11H,2,4,6H2,1H3,(H,16,20)/t11-/m1/s1. The maximum Gasteiger partial charge on any atom is 0.220 e. The van der Waals surface area contributed by atoms with Crippen molar-refractivity contribution in [2.24, 2.45) is 0 Å². The molecular weight excluding hydrogens is 286 g/mol. The Hall–Kier alpha value is -2.15. The topological polar surface area (TPSA) is 64.2 Å². The molecule has 0 saturated carbocycles. The maximum atomic E-state index is 11.9. The van der Waals surface area contributed by atoms with Crippen LogP contribution in [0.5, 0.6) is 0 Å². The molecule has 21 heavy (non-hydrogen) atoms. The first kappa shape index (κ1) is 13.8. The Labute approximate surface area is 126 Å². The van der Waals surface area contributed by atoms with Gasteiger partial charge in [-0.05, 0) is 19.4 Å². The number of carbonyl (C=O) groups is 1. The second-order valence-electron chi connectivity index (χ2n) is 4.92. The van der Waals surface area contributed by atoms with Gasteiger partial charge in [0.2, 0.25) is 5.91 Å². The van der Waals surface area contributed by atoms with Crippen LogP contribution < -0.4 is 5.32 Å². The average molecular weight is 303 g/mol. The van der Waals surface area contributed by atoms with E-state index in [4.69, 9.17) is 0 Å². The molecular formula is C14H17N5OS. The van der Waals surface area contributed by atoms with Gasteiger partial charge in [0.05, 0.1) is 11.7 Å². The number of hydrogen-bond donors (Lipinski definition) is 1. The summed E-state index contributed by atoms with van der Waals surface area (Å²) in [6, 6.07) is 1.81. The molecule has 7 heteroatoms. The van der Waals surface area contributed by atoms with Gasteiger partial charge in [-0.25, -0.2) is 4.98 Å². The molecule has 3 aromatic heterocycles. The number of thiazole rings is 1. The highest BCUT2D eigenvalue weighted by Gasteiger charge is 2.13. The predicted octanol–water partition coefficient (Wildman–Crippen LogP) is 2.25. The minimum Gasteiger partial charge on any atom is -0.348 e. The van der Waals surface area contributed by atoms with E-state index < -0.39 is 0 Å². The number of nitrogens with zero attached hydrogens (tertiary/aromatic N) is 4. The van der Waals surface area contributed by atoms with Gasteiger partial charge in [-0.3, -0.25) is 13.9 Å². The van der Waals surface area contributed by atoms with Crippen molar-refractivity contribution in [3.05, 3.63) is 41.9 Å². The third kappa shape index (κ3) is 3.30. The summed E-state index contributed by atoms with van der Waals surface area (Å²) in [7, 11) is 0. The number of imidazole rings is 1.